The number of aromatic nitrogens is 5. The summed E-state index contributed by atoms with van der Waals surface area (Å²) in [6.45, 7) is 5.59. The molecule has 2 heterocycles. The zero-order valence-corrected chi connectivity index (χ0v) is 20.9. The Labute approximate surface area is 214 Å². The van der Waals surface area contributed by atoms with Gasteiger partial charge in [-0.3, -0.25) is 14.6 Å². The van der Waals surface area contributed by atoms with Gasteiger partial charge in [-0.05, 0) is 73.5 Å². The molecule has 0 bridgehead atoms. The number of hydrogen-bond acceptors (Lipinski definition) is 6. The van der Waals surface area contributed by atoms with Gasteiger partial charge in [0.15, 0.2) is 0 Å². The molecule has 10 heteroatoms. The SMILES string of the molecule is CC(C)(C)NC(=O)C(c1ccncc1)N(Cc1ccccc1)C(=O)Cn1nnc(-c2ccc(F)cc2)n1. The highest BCUT2D eigenvalue weighted by Crippen LogP contribution is 2.25. The Kier molecular flexibility index (Phi) is 7.66. The molecule has 0 aliphatic carbocycles. The van der Waals surface area contributed by atoms with Crippen LogP contribution in [-0.4, -0.2) is 47.4 Å². The molecule has 0 aliphatic rings. The molecule has 0 saturated heterocycles. The third-order valence-corrected chi connectivity index (χ3v) is 5.43. The van der Waals surface area contributed by atoms with Crippen molar-refractivity contribution in [1.29, 1.82) is 0 Å². The third kappa shape index (κ3) is 6.81. The number of nitrogens with zero attached hydrogens (tertiary/aromatic N) is 6. The largest absolute Gasteiger partial charge is 0.349 e. The number of hydrogen-bond donors (Lipinski definition) is 1. The van der Waals surface area contributed by atoms with E-state index in [-0.39, 0.29) is 36.5 Å². The Bertz CT molecular complexity index is 1340. The fourth-order valence-corrected chi connectivity index (χ4v) is 3.80. The Hall–Kier alpha value is -4.47. The van der Waals surface area contributed by atoms with Crippen molar-refractivity contribution < 1.29 is 14.0 Å². The number of halogens is 1. The lowest BCUT2D eigenvalue weighted by Crippen LogP contribution is -2.49. The molecular formula is C27H28FN7O2. The molecule has 0 spiro atoms. The van der Waals surface area contributed by atoms with Crippen molar-refractivity contribution >= 4 is 11.8 Å². The maximum Gasteiger partial charge on any atom is 0.247 e. The molecule has 9 nitrogen and oxygen atoms in total. The number of amides is 2. The van der Waals surface area contributed by atoms with Gasteiger partial charge in [0.05, 0.1) is 0 Å². The second-order valence-electron chi connectivity index (χ2n) is 9.58. The van der Waals surface area contributed by atoms with Gasteiger partial charge in [0.2, 0.25) is 17.6 Å². The summed E-state index contributed by atoms with van der Waals surface area (Å²) in [6.07, 6.45) is 3.18. The van der Waals surface area contributed by atoms with Gasteiger partial charge in [0.1, 0.15) is 18.4 Å². The summed E-state index contributed by atoms with van der Waals surface area (Å²) < 4.78 is 13.3. The molecule has 0 fully saturated rings. The van der Waals surface area contributed by atoms with Crippen LogP contribution in [-0.2, 0) is 22.7 Å². The number of carbonyl (C=O) groups is 2. The van der Waals surface area contributed by atoms with Gasteiger partial charge >= 0.3 is 0 Å². The fraction of sp³-hybridized carbons (Fsp3) is 0.259. The normalized spacial score (nSPS) is 12.1. The predicted molar refractivity (Wildman–Crippen MR) is 135 cm³/mol. The van der Waals surface area contributed by atoms with Crippen molar-refractivity contribution in [3.05, 3.63) is 96.1 Å². The lowest BCUT2D eigenvalue weighted by atomic mass is 10.0. The van der Waals surface area contributed by atoms with E-state index in [1.165, 1.54) is 34.0 Å². The molecular weight excluding hydrogens is 473 g/mol. The fourth-order valence-electron chi connectivity index (χ4n) is 3.80. The Morgan fingerprint density at radius 3 is 2.32 bits per heavy atom. The summed E-state index contributed by atoms with van der Waals surface area (Å²) in [5, 5.41) is 15.3. The first-order chi connectivity index (χ1) is 17.7. The number of carbonyl (C=O) groups excluding carboxylic acids is 2. The van der Waals surface area contributed by atoms with Gasteiger partial charge in [-0.2, -0.15) is 4.80 Å². The van der Waals surface area contributed by atoms with Crippen LogP contribution in [0, 0.1) is 5.82 Å². The lowest BCUT2D eigenvalue weighted by molar-refractivity contribution is -0.143. The quantitative estimate of drug-likeness (QED) is 0.396. The summed E-state index contributed by atoms with van der Waals surface area (Å²) in [4.78, 5) is 34.0. The Balaban J connectivity index is 1.67. The number of rotatable bonds is 8. The number of benzene rings is 2. The minimum Gasteiger partial charge on any atom is -0.349 e. The first-order valence-electron chi connectivity index (χ1n) is 11.8. The van der Waals surface area contributed by atoms with Crippen molar-refractivity contribution in [3.63, 3.8) is 0 Å². The molecule has 2 aromatic heterocycles. The molecule has 1 atom stereocenters. The van der Waals surface area contributed by atoms with Crippen LogP contribution in [0.3, 0.4) is 0 Å². The maximum absolute atomic E-state index is 13.7. The summed E-state index contributed by atoms with van der Waals surface area (Å²) in [7, 11) is 0. The second kappa shape index (κ2) is 11.1. The van der Waals surface area contributed by atoms with Crippen LogP contribution >= 0.6 is 0 Å². The van der Waals surface area contributed by atoms with E-state index in [2.05, 4.69) is 25.7 Å². The van der Waals surface area contributed by atoms with E-state index in [4.69, 9.17) is 0 Å². The van der Waals surface area contributed by atoms with Gasteiger partial charge in [0, 0.05) is 30.0 Å². The van der Waals surface area contributed by atoms with Gasteiger partial charge in [0.25, 0.3) is 0 Å². The summed E-state index contributed by atoms with van der Waals surface area (Å²) >= 11 is 0. The van der Waals surface area contributed by atoms with E-state index in [9.17, 15) is 14.0 Å². The molecule has 1 N–H and O–H groups in total. The first kappa shape index (κ1) is 25.6. The molecule has 0 saturated carbocycles. The van der Waals surface area contributed by atoms with Crippen LogP contribution in [0.25, 0.3) is 11.4 Å². The first-order valence-corrected chi connectivity index (χ1v) is 11.8. The van der Waals surface area contributed by atoms with Crippen LogP contribution in [0.1, 0.15) is 37.9 Å². The van der Waals surface area contributed by atoms with Gasteiger partial charge in [-0.1, -0.05) is 30.3 Å². The maximum atomic E-state index is 13.7. The van der Waals surface area contributed by atoms with E-state index in [1.807, 2.05) is 51.1 Å². The summed E-state index contributed by atoms with van der Waals surface area (Å²) in [5.41, 5.74) is 1.54. The van der Waals surface area contributed by atoms with Crippen LogP contribution < -0.4 is 5.32 Å². The van der Waals surface area contributed by atoms with E-state index in [0.29, 0.717) is 11.1 Å². The van der Waals surface area contributed by atoms with Gasteiger partial charge in [-0.15, -0.1) is 10.2 Å². The zero-order valence-electron chi connectivity index (χ0n) is 20.9. The van der Waals surface area contributed by atoms with Crippen molar-refractivity contribution in [2.45, 2.75) is 45.4 Å². The molecule has 4 rings (SSSR count). The van der Waals surface area contributed by atoms with E-state index < -0.39 is 11.6 Å². The average Bonchev–Trinajstić information content (AvgIpc) is 3.32. The van der Waals surface area contributed by atoms with Gasteiger partial charge < -0.3 is 10.2 Å². The minimum atomic E-state index is -0.921. The van der Waals surface area contributed by atoms with E-state index in [1.54, 1.807) is 24.5 Å². The average molecular weight is 502 g/mol. The van der Waals surface area contributed by atoms with E-state index >= 15 is 0 Å². The van der Waals surface area contributed by atoms with Crippen molar-refractivity contribution in [2.24, 2.45) is 0 Å². The molecule has 1 unspecified atom stereocenters. The van der Waals surface area contributed by atoms with Crippen molar-refractivity contribution in [3.8, 4) is 11.4 Å². The number of tetrazole rings is 1. The third-order valence-electron chi connectivity index (χ3n) is 5.43. The molecule has 4 aromatic rings. The molecule has 2 amide bonds. The molecule has 0 radical (unpaired) electrons. The predicted octanol–water partition coefficient (Wildman–Crippen LogP) is 3.56. The van der Waals surface area contributed by atoms with Crippen LogP contribution in [0.15, 0.2) is 79.1 Å². The minimum absolute atomic E-state index is 0.184. The van der Waals surface area contributed by atoms with Crippen LogP contribution in [0.2, 0.25) is 0 Å². The van der Waals surface area contributed by atoms with Crippen molar-refractivity contribution in [2.75, 3.05) is 0 Å². The molecule has 37 heavy (non-hydrogen) atoms. The number of nitrogens with one attached hydrogen (secondary N) is 1. The molecule has 190 valence electrons. The van der Waals surface area contributed by atoms with Crippen LogP contribution in [0.4, 0.5) is 4.39 Å². The van der Waals surface area contributed by atoms with E-state index in [0.717, 1.165) is 5.56 Å². The summed E-state index contributed by atoms with van der Waals surface area (Å²) in [6, 6.07) is 17.6. The second-order valence-corrected chi connectivity index (χ2v) is 9.58. The Morgan fingerprint density at radius 1 is 1.00 bits per heavy atom. The topological polar surface area (TPSA) is 106 Å². The lowest BCUT2D eigenvalue weighted by Gasteiger charge is -2.33. The smallest absolute Gasteiger partial charge is 0.247 e. The zero-order chi connectivity index (χ0) is 26.4. The van der Waals surface area contributed by atoms with Crippen LogP contribution in [0.5, 0.6) is 0 Å². The highest BCUT2D eigenvalue weighted by atomic mass is 19.1. The highest BCUT2D eigenvalue weighted by molar-refractivity contribution is 5.89. The summed E-state index contributed by atoms with van der Waals surface area (Å²) in [5.74, 6) is -0.809. The molecule has 0 aliphatic heterocycles. The number of pyridine rings is 1. The van der Waals surface area contributed by atoms with Crippen molar-refractivity contribution in [1.82, 2.24) is 35.4 Å². The monoisotopic (exact) mass is 501 g/mol. The van der Waals surface area contributed by atoms with Gasteiger partial charge in [-0.25, -0.2) is 4.39 Å². The molecule has 2 aromatic carbocycles. The Morgan fingerprint density at radius 2 is 1.68 bits per heavy atom. The standard InChI is InChI=1S/C27H28FN7O2/c1-27(2,3)30-26(37)24(20-13-15-29-16-14-20)34(17-19-7-5-4-6-8-19)23(36)18-35-32-25(31-33-35)21-9-11-22(28)12-10-21/h4-16,24H,17-18H2,1-3H3,(H,30,37). The highest BCUT2D eigenvalue weighted by Gasteiger charge is 2.33.